The summed E-state index contributed by atoms with van der Waals surface area (Å²) in [5, 5.41) is 14.3. The third-order valence-electron chi connectivity index (χ3n) is 4.21. The Morgan fingerprint density at radius 2 is 2.15 bits per heavy atom. The van der Waals surface area contributed by atoms with Gasteiger partial charge in [0.25, 0.3) is 0 Å². The van der Waals surface area contributed by atoms with Gasteiger partial charge in [-0.3, -0.25) is 4.98 Å². The van der Waals surface area contributed by atoms with Crippen LogP contribution in [0.5, 0.6) is 0 Å². The molecular weight excluding hydrogens is 248 g/mol. The van der Waals surface area contributed by atoms with Crippen molar-refractivity contribution >= 4 is 0 Å². The normalized spacial score (nSPS) is 22.5. The first-order valence-electron chi connectivity index (χ1n) is 7.13. The molecule has 2 N–H and O–H groups in total. The summed E-state index contributed by atoms with van der Waals surface area (Å²) < 4.78 is 0. The second kappa shape index (κ2) is 5.35. The van der Waals surface area contributed by atoms with Crippen molar-refractivity contribution in [1.82, 2.24) is 10.3 Å². The maximum absolute atomic E-state index is 10.9. The molecule has 0 spiro atoms. The van der Waals surface area contributed by atoms with Crippen molar-refractivity contribution in [1.29, 1.82) is 0 Å². The number of aromatic nitrogens is 1. The number of aliphatic hydroxyl groups is 1. The summed E-state index contributed by atoms with van der Waals surface area (Å²) >= 11 is 0. The van der Waals surface area contributed by atoms with Gasteiger partial charge in [-0.1, -0.05) is 30.3 Å². The van der Waals surface area contributed by atoms with Gasteiger partial charge in [-0.05, 0) is 42.5 Å². The lowest BCUT2D eigenvalue weighted by Gasteiger charge is -2.26. The second-order valence-electron chi connectivity index (χ2n) is 5.58. The van der Waals surface area contributed by atoms with Gasteiger partial charge in [-0.2, -0.15) is 0 Å². The lowest BCUT2D eigenvalue weighted by molar-refractivity contribution is 0.0363. The van der Waals surface area contributed by atoms with Crippen LogP contribution in [0, 0.1) is 0 Å². The van der Waals surface area contributed by atoms with Crippen molar-refractivity contribution in [2.24, 2.45) is 0 Å². The Bertz CT molecular complexity index is 585. The topological polar surface area (TPSA) is 45.1 Å². The zero-order chi connectivity index (χ0) is 14.0. The van der Waals surface area contributed by atoms with Crippen LogP contribution in [0.15, 0.2) is 48.8 Å². The van der Waals surface area contributed by atoms with E-state index in [9.17, 15) is 5.11 Å². The van der Waals surface area contributed by atoms with Gasteiger partial charge in [-0.25, -0.2) is 0 Å². The van der Waals surface area contributed by atoms with Crippen molar-refractivity contribution < 1.29 is 5.11 Å². The number of hydrogen-bond donors (Lipinski definition) is 2. The molecule has 0 amide bonds. The summed E-state index contributed by atoms with van der Waals surface area (Å²) in [6.45, 7) is 2.67. The van der Waals surface area contributed by atoms with E-state index < -0.39 is 5.60 Å². The van der Waals surface area contributed by atoms with Gasteiger partial charge in [0.1, 0.15) is 5.60 Å². The number of nitrogens with one attached hydrogen (secondary N) is 1. The van der Waals surface area contributed by atoms with Crippen molar-refractivity contribution in [2.75, 3.05) is 6.54 Å². The highest BCUT2D eigenvalue weighted by Crippen LogP contribution is 2.36. The first kappa shape index (κ1) is 13.3. The average Bonchev–Trinajstić information content (AvgIpc) is 2.84. The highest BCUT2D eigenvalue weighted by atomic mass is 16.3. The monoisotopic (exact) mass is 268 g/mol. The Labute approximate surface area is 119 Å². The average molecular weight is 268 g/mol. The first-order valence-corrected chi connectivity index (χ1v) is 7.13. The van der Waals surface area contributed by atoms with Gasteiger partial charge in [0.15, 0.2) is 0 Å². The highest BCUT2D eigenvalue weighted by Gasteiger charge is 2.36. The van der Waals surface area contributed by atoms with Gasteiger partial charge in [0.05, 0.1) is 0 Å². The molecule has 1 aliphatic rings. The van der Waals surface area contributed by atoms with Crippen LogP contribution in [0.1, 0.15) is 36.1 Å². The molecule has 0 saturated heterocycles. The molecule has 1 aromatic heterocycles. The van der Waals surface area contributed by atoms with E-state index in [1.165, 1.54) is 5.56 Å². The molecular formula is C17H20N2O. The van der Waals surface area contributed by atoms with E-state index in [1.54, 1.807) is 6.20 Å². The van der Waals surface area contributed by atoms with E-state index in [0.717, 1.165) is 24.0 Å². The Morgan fingerprint density at radius 1 is 1.30 bits per heavy atom. The number of nitrogens with zero attached hydrogens (tertiary/aromatic N) is 1. The van der Waals surface area contributed by atoms with Crippen molar-refractivity contribution in [3.63, 3.8) is 0 Å². The fourth-order valence-electron chi connectivity index (χ4n) is 2.92. The van der Waals surface area contributed by atoms with E-state index in [2.05, 4.69) is 29.4 Å². The van der Waals surface area contributed by atoms with Gasteiger partial charge >= 0.3 is 0 Å². The predicted octanol–water partition coefficient (Wildman–Crippen LogP) is 2.57. The standard InChI is InChI=1S/C17H20N2O/c1-13(15-6-4-10-18-11-15)19-12-17(20)9-8-14-5-2-3-7-16(14)17/h2-7,10-11,13,19-20H,8-9,12H2,1H3. The zero-order valence-electron chi connectivity index (χ0n) is 11.7. The lowest BCUT2D eigenvalue weighted by atomic mass is 9.95. The van der Waals surface area contributed by atoms with Crippen LogP contribution >= 0.6 is 0 Å². The first-order chi connectivity index (χ1) is 9.69. The summed E-state index contributed by atoms with van der Waals surface area (Å²) in [5.41, 5.74) is 2.74. The summed E-state index contributed by atoms with van der Waals surface area (Å²) in [5.74, 6) is 0. The van der Waals surface area contributed by atoms with Crippen LogP contribution in [0.3, 0.4) is 0 Å². The molecule has 2 unspecified atom stereocenters. The number of pyridine rings is 1. The van der Waals surface area contributed by atoms with Crippen LogP contribution in [0.2, 0.25) is 0 Å². The summed E-state index contributed by atoms with van der Waals surface area (Å²) in [6, 6.07) is 12.4. The number of rotatable bonds is 4. The molecule has 104 valence electrons. The number of fused-ring (bicyclic) bond motifs is 1. The predicted molar refractivity (Wildman–Crippen MR) is 79.3 cm³/mol. The molecule has 0 saturated carbocycles. The Kier molecular flexibility index (Phi) is 3.55. The summed E-state index contributed by atoms with van der Waals surface area (Å²) in [4.78, 5) is 4.14. The van der Waals surface area contributed by atoms with Gasteiger partial charge in [0.2, 0.25) is 0 Å². The minimum Gasteiger partial charge on any atom is -0.384 e. The van der Waals surface area contributed by atoms with E-state index in [4.69, 9.17) is 0 Å². The molecule has 0 aliphatic heterocycles. The second-order valence-corrected chi connectivity index (χ2v) is 5.58. The minimum atomic E-state index is -0.743. The van der Waals surface area contributed by atoms with E-state index >= 15 is 0 Å². The third-order valence-corrected chi connectivity index (χ3v) is 4.21. The lowest BCUT2D eigenvalue weighted by Crippen LogP contribution is -2.37. The van der Waals surface area contributed by atoms with Crippen LogP contribution in [0.25, 0.3) is 0 Å². The Hall–Kier alpha value is -1.71. The largest absolute Gasteiger partial charge is 0.384 e. The highest BCUT2D eigenvalue weighted by molar-refractivity contribution is 5.37. The zero-order valence-corrected chi connectivity index (χ0v) is 11.7. The smallest absolute Gasteiger partial charge is 0.103 e. The molecule has 2 aromatic rings. The van der Waals surface area contributed by atoms with Crippen LogP contribution in [0.4, 0.5) is 0 Å². The van der Waals surface area contributed by atoms with Crippen molar-refractivity contribution in [2.45, 2.75) is 31.4 Å². The quantitative estimate of drug-likeness (QED) is 0.896. The third kappa shape index (κ3) is 2.47. The van der Waals surface area contributed by atoms with Crippen LogP contribution in [-0.2, 0) is 12.0 Å². The molecule has 3 rings (SSSR count). The fraction of sp³-hybridized carbons (Fsp3) is 0.353. The molecule has 2 atom stereocenters. The number of aryl methyl sites for hydroxylation is 1. The van der Waals surface area contributed by atoms with Gasteiger partial charge in [0, 0.05) is 25.0 Å². The molecule has 3 nitrogen and oxygen atoms in total. The number of benzene rings is 1. The molecule has 0 radical (unpaired) electrons. The van der Waals surface area contributed by atoms with Crippen molar-refractivity contribution in [3.8, 4) is 0 Å². The fourth-order valence-corrected chi connectivity index (χ4v) is 2.92. The molecule has 1 aromatic carbocycles. The molecule has 1 heterocycles. The number of hydrogen-bond acceptors (Lipinski definition) is 3. The van der Waals surface area contributed by atoms with E-state index in [1.807, 2.05) is 30.5 Å². The minimum absolute atomic E-state index is 0.181. The van der Waals surface area contributed by atoms with Gasteiger partial charge < -0.3 is 10.4 Å². The van der Waals surface area contributed by atoms with Gasteiger partial charge in [-0.15, -0.1) is 0 Å². The molecule has 0 bridgehead atoms. The van der Waals surface area contributed by atoms with Crippen LogP contribution in [-0.4, -0.2) is 16.6 Å². The Morgan fingerprint density at radius 3 is 2.95 bits per heavy atom. The van der Waals surface area contributed by atoms with E-state index in [0.29, 0.717) is 6.54 Å². The summed E-state index contributed by atoms with van der Waals surface area (Å²) in [6.07, 6.45) is 5.38. The molecule has 20 heavy (non-hydrogen) atoms. The molecule has 1 aliphatic carbocycles. The van der Waals surface area contributed by atoms with Crippen LogP contribution < -0.4 is 5.32 Å². The molecule has 0 fully saturated rings. The maximum atomic E-state index is 10.9. The molecule has 3 heteroatoms. The van der Waals surface area contributed by atoms with E-state index in [-0.39, 0.29) is 6.04 Å². The Balaban J connectivity index is 1.70. The summed E-state index contributed by atoms with van der Waals surface area (Å²) in [7, 11) is 0. The van der Waals surface area contributed by atoms with Crippen molar-refractivity contribution in [3.05, 3.63) is 65.5 Å². The SMILES string of the molecule is CC(NCC1(O)CCc2ccccc21)c1cccnc1. The maximum Gasteiger partial charge on any atom is 0.103 e.